The van der Waals surface area contributed by atoms with Gasteiger partial charge in [-0.1, -0.05) is 42.5 Å². The molecule has 2 aromatic rings. The van der Waals surface area contributed by atoms with E-state index in [9.17, 15) is 18.0 Å². The van der Waals surface area contributed by atoms with Crippen LogP contribution in [-0.2, 0) is 17.4 Å². The molecule has 2 rings (SSSR count). The van der Waals surface area contributed by atoms with Crippen LogP contribution >= 0.6 is 0 Å². The van der Waals surface area contributed by atoms with Crippen LogP contribution in [0.2, 0.25) is 0 Å². The molecule has 5 heteroatoms. The molecule has 0 aliphatic carbocycles. The van der Waals surface area contributed by atoms with Crippen LogP contribution in [0.3, 0.4) is 0 Å². The quantitative estimate of drug-likeness (QED) is 0.803. The predicted octanol–water partition coefficient (Wildman–Crippen LogP) is 4.81. The maximum Gasteiger partial charge on any atom is 0.416 e. The normalized spacial score (nSPS) is 12.2. The van der Waals surface area contributed by atoms with Gasteiger partial charge >= 0.3 is 12.1 Å². The third-order valence-electron chi connectivity index (χ3n) is 3.41. The summed E-state index contributed by atoms with van der Waals surface area (Å²) < 4.78 is 37.6. The van der Waals surface area contributed by atoms with Crippen LogP contribution in [-0.4, -0.2) is 11.1 Å². The monoisotopic (exact) mass is 320 g/mol. The Kier molecular flexibility index (Phi) is 5.21. The highest BCUT2D eigenvalue weighted by molar-refractivity contribution is 5.90. The summed E-state index contributed by atoms with van der Waals surface area (Å²) in [4.78, 5) is 10.9. The first-order valence-electron chi connectivity index (χ1n) is 7.01. The fraction of sp³-hybridized carbons (Fsp3) is 0.167. The molecule has 0 fully saturated rings. The Balaban J connectivity index is 2.12. The molecule has 0 spiro atoms. The lowest BCUT2D eigenvalue weighted by molar-refractivity contribution is -0.137. The minimum absolute atomic E-state index is 0.432. The molecule has 120 valence electrons. The van der Waals surface area contributed by atoms with Crippen molar-refractivity contribution in [3.05, 3.63) is 77.4 Å². The zero-order chi connectivity index (χ0) is 16.9. The summed E-state index contributed by atoms with van der Waals surface area (Å²) in [6.07, 6.45) is -2.32. The highest BCUT2D eigenvalue weighted by Gasteiger charge is 2.29. The van der Waals surface area contributed by atoms with Crippen molar-refractivity contribution in [1.82, 2.24) is 0 Å². The molecule has 0 aliphatic heterocycles. The van der Waals surface area contributed by atoms with Crippen molar-refractivity contribution in [2.24, 2.45) is 0 Å². The number of aryl methyl sites for hydroxylation is 1. The van der Waals surface area contributed by atoms with Crippen molar-refractivity contribution in [2.75, 3.05) is 0 Å². The number of hydrogen-bond acceptors (Lipinski definition) is 1. The lowest BCUT2D eigenvalue weighted by atomic mass is 9.97. The Morgan fingerprint density at radius 2 is 1.61 bits per heavy atom. The van der Waals surface area contributed by atoms with Crippen molar-refractivity contribution in [2.45, 2.75) is 19.0 Å². The molecule has 0 radical (unpaired) electrons. The number of benzene rings is 2. The number of carbonyl (C=O) groups is 1. The van der Waals surface area contributed by atoms with Gasteiger partial charge in [0.25, 0.3) is 0 Å². The first kappa shape index (κ1) is 16.8. The van der Waals surface area contributed by atoms with E-state index in [2.05, 4.69) is 0 Å². The lowest BCUT2D eigenvalue weighted by Gasteiger charge is -2.09. The number of allylic oxidation sites excluding steroid dienone is 1. The summed E-state index contributed by atoms with van der Waals surface area (Å²) in [5.41, 5.74) is 1.47. The molecule has 1 N–H and O–H groups in total. The molecule has 0 amide bonds. The fourth-order valence-corrected chi connectivity index (χ4v) is 2.24. The number of carboxylic acid groups (broad SMARTS) is 1. The van der Waals surface area contributed by atoms with Gasteiger partial charge in [0.2, 0.25) is 0 Å². The largest absolute Gasteiger partial charge is 0.478 e. The number of carboxylic acids is 1. The van der Waals surface area contributed by atoms with E-state index in [0.29, 0.717) is 18.4 Å². The summed E-state index contributed by atoms with van der Waals surface area (Å²) >= 11 is 0. The minimum atomic E-state index is -4.35. The molecule has 0 saturated carbocycles. The molecule has 2 aromatic carbocycles. The van der Waals surface area contributed by atoms with E-state index >= 15 is 0 Å². The first-order chi connectivity index (χ1) is 10.9. The number of halogens is 3. The number of rotatable bonds is 5. The van der Waals surface area contributed by atoms with Crippen LogP contribution in [0.5, 0.6) is 0 Å². The Labute approximate surface area is 131 Å². The summed E-state index contributed by atoms with van der Waals surface area (Å²) in [6.45, 7) is 0. The smallest absolute Gasteiger partial charge is 0.416 e. The van der Waals surface area contributed by atoms with Crippen LogP contribution in [0.4, 0.5) is 13.2 Å². The third-order valence-corrected chi connectivity index (χ3v) is 3.41. The Morgan fingerprint density at radius 1 is 1.00 bits per heavy atom. The Morgan fingerprint density at radius 3 is 2.13 bits per heavy atom. The molecule has 0 aromatic heterocycles. The van der Waals surface area contributed by atoms with Crippen LogP contribution < -0.4 is 0 Å². The maximum absolute atomic E-state index is 12.5. The van der Waals surface area contributed by atoms with E-state index in [-0.39, 0.29) is 0 Å². The van der Waals surface area contributed by atoms with Gasteiger partial charge in [-0.2, -0.15) is 13.2 Å². The molecule has 0 saturated heterocycles. The highest BCUT2D eigenvalue weighted by Crippen LogP contribution is 2.29. The van der Waals surface area contributed by atoms with E-state index in [4.69, 9.17) is 5.11 Å². The predicted molar refractivity (Wildman–Crippen MR) is 81.8 cm³/mol. The van der Waals surface area contributed by atoms with Crippen molar-refractivity contribution < 1.29 is 23.1 Å². The average molecular weight is 320 g/mol. The Hall–Kier alpha value is -2.56. The van der Waals surface area contributed by atoms with Gasteiger partial charge in [0.15, 0.2) is 0 Å². The van der Waals surface area contributed by atoms with Gasteiger partial charge in [0.05, 0.1) is 5.56 Å². The van der Waals surface area contributed by atoms with Gasteiger partial charge < -0.3 is 5.11 Å². The molecule has 2 nitrogen and oxygen atoms in total. The fourth-order valence-electron chi connectivity index (χ4n) is 2.24. The summed E-state index contributed by atoms with van der Waals surface area (Å²) in [5, 5.41) is 8.97. The molecule has 0 heterocycles. The van der Waals surface area contributed by atoms with Gasteiger partial charge in [0.1, 0.15) is 0 Å². The molecule has 23 heavy (non-hydrogen) atoms. The maximum atomic E-state index is 12.5. The van der Waals surface area contributed by atoms with E-state index in [0.717, 1.165) is 29.3 Å². The van der Waals surface area contributed by atoms with Crippen LogP contribution in [0.25, 0.3) is 5.57 Å². The van der Waals surface area contributed by atoms with Crippen molar-refractivity contribution >= 4 is 11.5 Å². The number of aliphatic carboxylic acids is 1. The van der Waals surface area contributed by atoms with Gasteiger partial charge in [0, 0.05) is 6.08 Å². The third kappa shape index (κ3) is 4.98. The lowest BCUT2D eigenvalue weighted by Crippen LogP contribution is -2.04. The topological polar surface area (TPSA) is 37.3 Å². The van der Waals surface area contributed by atoms with Gasteiger partial charge in [-0.25, -0.2) is 4.79 Å². The van der Waals surface area contributed by atoms with E-state index < -0.39 is 17.7 Å². The van der Waals surface area contributed by atoms with Crippen molar-refractivity contribution in [3.8, 4) is 0 Å². The molecule has 0 atom stereocenters. The standard InChI is InChI=1S/C18H15F3O2/c19-18(20,21)16-10-7-13(8-11-16)6-9-15(12-17(22)23)14-4-2-1-3-5-14/h1-5,7-8,10-12H,6,9H2,(H,22,23)/b15-12+. The zero-order valence-corrected chi connectivity index (χ0v) is 12.2. The summed E-state index contributed by atoms with van der Waals surface area (Å²) in [5.74, 6) is -1.05. The second kappa shape index (κ2) is 7.13. The SMILES string of the molecule is O=C(O)/C=C(\CCc1ccc(C(F)(F)F)cc1)c1ccccc1. The van der Waals surface area contributed by atoms with E-state index in [1.54, 1.807) is 0 Å². The first-order valence-corrected chi connectivity index (χ1v) is 7.01. The van der Waals surface area contributed by atoms with Crippen LogP contribution in [0, 0.1) is 0 Å². The van der Waals surface area contributed by atoms with E-state index in [1.807, 2.05) is 30.3 Å². The average Bonchev–Trinajstić information content (AvgIpc) is 2.51. The summed E-state index contributed by atoms with van der Waals surface area (Å²) in [6, 6.07) is 14.0. The Bertz CT molecular complexity index is 686. The highest BCUT2D eigenvalue weighted by atomic mass is 19.4. The van der Waals surface area contributed by atoms with E-state index in [1.165, 1.54) is 12.1 Å². The minimum Gasteiger partial charge on any atom is -0.478 e. The van der Waals surface area contributed by atoms with Crippen molar-refractivity contribution in [3.63, 3.8) is 0 Å². The molecular weight excluding hydrogens is 305 g/mol. The molecule has 0 bridgehead atoms. The summed E-state index contributed by atoms with van der Waals surface area (Å²) in [7, 11) is 0. The second-order valence-corrected chi connectivity index (χ2v) is 5.07. The second-order valence-electron chi connectivity index (χ2n) is 5.07. The van der Waals surface area contributed by atoms with Gasteiger partial charge in [-0.05, 0) is 41.7 Å². The molecular formula is C18H15F3O2. The van der Waals surface area contributed by atoms with Gasteiger partial charge in [-0.15, -0.1) is 0 Å². The number of hydrogen-bond donors (Lipinski definition) is 1. The van der Waals surface area contributed by atoms with Crippen LogP contribution in [0.1, 0.15) is 23.1 Å². The van der Waals surface area contributed by atoms with Gasteiger partial charge in [-0.3, -0.25) is 0 Å². The number of alkyl halides is 3. The molecule has 0 unspecified atom stereocenters. The molecule has 0 aliphatic rings. The van der Waals surface area contributed by atoms with Crippen molar-refractivity contribution in [1.29, 1.82) is 0 Å². The zero-order valence-electron chi connectivity index (χ0n) is 12.2. The van der Waals surface area contributed by atoms with Crippen LogP contribution in [0.15, 0.2) is 60.7 Å².